The van der Waals surface area contributed by atoms with Crippen LogP contribution in [0.1, 0.15) is 27.2 Å². The van der Waals surface area contributed by atoms with Gasteiger partial charge in [-0.1, -0.05) is 0 Å². The van der Waals surface area contributed by atoms with Crippen LogP contribution in [0.4, 0.5) is 0 Å². The zero-order valence-electron chi connectivity index (χ0n) is 11.9. The highest BCUT2D eigenvalue weighted by molar-refractivity contribution is 6.60. The topological polar surface area (TPSA) is 58.4 Å². The van der Waals surface area contributed by atoms with Crippen LogP contribution in [-0.4, -0.2) is 47.7 Å². The molecule has 0 aliphatic heterocycles. The predicted octanol–water partition coefficient (Wildman–Crippen LogP) is 1.89. The van der Waals surface area contributed by atoms with E-state index in [2.05, 4.69) is 4.85 Å². The Bertz CT molecular complexity index is 275. The Balaban J connectivity index is 4.17. The van der Waals surface area contributed by atoms with E-state index in [0.29, 0.717) is 32.3 Å². The second-order valence-electron chi connectivity index (χ2n) is 3.62. The van der Waals surface area contributed by atoms with Gasteiger partial charge in [0.2, 0.25) is 0 Å². The molecule has 0 rings (SSSR count). The number of rotatable bonds is 11. The minimum atomic E-state index is -2.64. The third kappa shape index (κ3) is 7.95. The fourth-order valence-electron chi connectivity index (χ4n) is 1.59. The van der Waals surface area contributed by atoms with Crippen molar-refractivity contribution >= 4 is 14.8 Å². The summed E-state index contributed by atoms with van der Waals surface area (Å²) in [7, 11) is -2.64. The van der Waals surface area contributed by atoms with Crippen LogP contribution >= 0.6 is 0 Å². The predicted molar refractivity (Wildman–Crippen MR) is 72.5 cm³/mol. The Labute approximate surface area is 116 Å². The second kappa shape index (κ2) is 10.9. The lowest BCUT2D eigenvalue weighted by Crippen LogP contribution is -2.46. The average molecular weight is 289 g/mol. The fourth-order valence-corrected chi connectivity index (χ4v) is 4.17. The molecule has 0 fully saturated rings. The average Bonchev–Trinajstić information content (AvgIpc) is 2.36. The molecular weight excluding hydrogens is 266 g/mol. The highest BCUT2D eigenvalue weighted by atomic mass is 28.4. The first-order valence-corrected chi connectivity index (χ1v) is 8.48. The number of ether oxygens (including phenoxy) is 1. The van der Waals surface area contributed by atoms with Crippen molar-refractivity contribution in [2.75, 3.05) is 33.0 Å². The van der Waals surface area contributed by atoms with E-state index < -0.39 is 14.8 Å². The molecule has 19 heavy (non-hydrogen) atoms. The molecule has 0 aromatic carbocycles. The molecule has 0 radical (unpaired) electrons. The first-order chi connectivity index (χ1) is 9.14. The van der Waals surface area contributed by atoms with Crippen LogP contribution in [0.3, 0.4) is 0 Å². The molecule has 0 aliphatic rings. The number of carbonyl (C=O) groups is 1. The number of nitrogens with zero attached hydrogens (tertiary/aromatic N) is 1. The van der Waals surface area contributed by atoms with Gasteiger partial charge in [0.25, 0.3) is 0 Å². The van der Waals surface area contributed by atoms with Gasteiger partial charge in [-0.25, -0.2) is 11.4 Å². The molecule has 7 heteroatoms. The summed E-state index contributed by atoms with van der Waals surface area (Å²) in [6, 6.07) is 0.605. The number of esters is 1. The molecule has 0 bridgehead atoms. The molecule has 0 saturated heterocycles. The van der Waals surface area contributed by atoms with Gasteiger partial charge in [0, 0.05) is 25.9 Å². The maximum Gasteiger partial charge on any atom is 0.501 e. The fraction of sp³-hybridized carbons (Fsp3) is 0.833. The molecule has 0 aromatic rings. The molecule has 0 aromatic heterocycles. The van der Waals surface area contributed by atoms with Crippen LogP contribution in [0.15, 0.2) is 0 Å². The molecule has 0 aliphatic carbocycles. The van der Waals surface area contributed by atoms with Crippen molar-refractivity contribution in [3.8, 4) is 0 Å². The summed E-state index contributed by atoms with van der Waals surface area (Å²) in [4.78, 5) is 14.0. The van der Waals surface area contributed by atoms with Crippen LogP contribution in [0.5, 0.6) is 0 Å². The molecule has 6 nitrogen and oxygen atoms in total. The van der Waals surface area contributed by atoms with Crippen LogP contribution in [0.25, 0.3) is 4.85 Å². The van der Waals surface area contributed by atoms with Crippen molar-refractivity contribution in [3.05, 3.63) is 11.4 Å². The second-order valence-corrected chi connectivity index (χ2v) is 6.35. The van der Waals surface area contributed by atoms with Crippen LogP contribution in [-0.2, 0) is 22.8 Å². The zero-order chi connectivity index (χ0) is 14.6. The van der Waals surface area contributed by atoms with Gasteiger partial charge in [0.05, 0.1) is 6.61 Å². The lowest BCUT2D eigenvalue weighted by atomic mass is 10.5. The molecular formula is C12H23NO5Si. The summed E-state index contributed by atoms with van der Waals surface area (Å²) in [5.41, 5.74) is 0. The Morgan fingerprint density at radius 3 is 2.05 bits per heavy atom. The molecule has 0 N–H and O–H groups in total. The smallest absolute Gasteiger partial charge is 0.460 e. The largest absolute Gasteiger partial charge is 0.501 e. The Morgan fingerprint density at radius 1 is 1.11 bits per heavy atom. The van der Waals surface area contributed by atoms with E-state index in [0.717, 1.165) is 0 Å². The highest BCUT2D eigenvalue weighted by Gasteiger charge is 2.39. The Morgan fingerprint density at radius 2 is 1.63 bits per heavy atom. The summed E-state index contributed by atoms with van der Waals surface area (Å²) in [5, 5.41) is 0. The van der Waals surface area contributed by atoms with Crippen LogP contribution < -0.4 is 0 Å². The van der Waals surface area contributed by atoms with Gasteiger partial charge in [-0.2, -0.15) is 0 Å². The van der Waals surface area contributed by atoms with Gasteiger partial charge in [-0.3, -0.25) is 0 Å². The van der Waals surface area contributed by atoms with E-state index in [4.69, 9.17) is 24.6 Å². The van der Waals surface area contributed by atoms with E-state index in [9.17, 15) is 4.79 Å². The maximum absolute atomic E-state index is 11.0. The van der Waals surface area contributed by atoms with Crippen molar-refractivity contribution in [1.29, 1.82) is 0 Å². The van der Waals surface area contributed by atoms with Gasteiger partial charge in [0.1, 0.15) is 0 Å². The molecule has 0 saturated carbocycles. The lowest BCUT2D eigenvalue weighted by molar-refractivity contribution is -0.141. The van der Waals surface area contributed by atoms with E-state index in [1.165, 1.54) is 0 Å². The third-order valence-electron chi connectivity index (χ3n) is 2.19. The summed E-state index contributed by atoms with van der Waals surface area (Å²) >= 11 is 0. The number of hydrogen-bond donors (Lipinski definition) is 0. The van der Waals surface area contributed by atoms with Crippen molar-refractivity contribution in [3.63, 3.8) is 0 Å². The normalized spacial score (nSPS) is 11.1. The number of carbonyl (C=O) groups excluding carboxylic acids is 1. The van der Waals surface area contributed by atoms with Crippen LogP contribution in [0, 0.1) is 6.57 Å². The van der Waals surface area contributed by atoms with E-state index in [1.807, 2.05) is 20.8 Å². The third-order valence-corrected chi connectivity index (χ3v) is 5.34. The maximum atomic E-state index is 11.0. The van der Waals surface area contributed by atoms with Crippen molar-refractivity contribution in [1.82, 2.24) is 0 Å². The molecule has 0 spiro atoms. The van der Waals surface area contributed by atoms with Gasteiger partial charge in [-0.15, -0.1) is 0 Å². The summed E-state index contributed by atoms with van der Waals surface area (Å²) in [5.74, 6) is -0.494. The molecule has 0 amide bonds. The van der Waals surface area contributed by atoms with E-state index in [1.54, 1.807) is 0 Å². The molecule has 0 atom stereocenters. The monoisotopic (exact) mass is 289 g/mol. The molecule has 0 heterocycles. The number of hydrogen-bond acceptors (Lipinski definition) is 5. The summed E-state index contributed by atoms with van der Waals surface area (Å²) in [6.07, 6.45) is 0.607. The van der Waals surface area contributed by atoms with Gasteiger partial charge < -0.3 is 22.9 Å². The lowest BCUT2D eigenvalue weighted by Gasteiger charge is -2.28. The highest BCUT2D eigenvalue weighted by Crippen LogP contribution is 2.18. The van der Waals surface area contributed by atoms with Crippen molar-refractivity contribution < 1.29 is 22.8 Å². The quantitative estimate of drug-likeness (QED) is 0.252. The van der Waals surface area contributed by atoms with Gasteiger partial charge in [-0.05, 0) is 27.2 Å². The zero-order valence-corrected chi connectivity index (χ0v) is 12.9. The van der Waals surface area contributed by atoms with E-state index >= 15 is 0 Å². The molecule has 0 unspecified atom stereocenters. The Hall–Kier alpha value is -0.943. The Kier molecular flexibility index (Phi) is 10.4. The SMILES string of the molecule is [C-]#[N+]CC(=O)OCCC[Si](OCC)(OCC)OCC. The summed E-state index contributed by atoms with van der Waals surface area (Å²) in [6.45, 7) is 13.9. The standard InChI is InChI=1S/C12H23NO5Si/c1-5-16-19(17-6-2,18-7-3)10-8-9-15-12(14)11-13-4/h5-11H2,1-3H3. The minimum absolute atomic E-state index is 0.231. The van der Waals surface area contributed by atoms with E-state index in [-0.39, 0.29) is 13.2 Å². The first kappa shape index (κ1) is 18.1. The van der Waals surface area contributed by atoms with Crippen LogP contribution in [0.2, 0.25) is 6.04 Å². The summed E-state index contributed by atoms with van der Waals surface area (Å²) < 4.78 is 21.9. The van der Waals surface area contributed by atoms with Gasteiger partial charge in [0.15, 0.2) is 0 Å². The molecule has 110 valence electrons. The van der Waals surface area contributed by atoms with Gasteiger partial charge >= 0.3 is 21.3 Å². The van der Waals surface area contributed by atoms with Crippen molar-refractivity contribution in [2.45, 2.75) is 33.2 Å². The minimum Gasteiger partial charge on any atom is -0.460 e. The first-order valence-electron chi connectivity index (χ1n) is 6.54. The van der Waals surface area contributed by atoms with Crippen molar-refractivity contribution in [2.24, 2.45) is 0 Å².